The first-order valence-corrected chi connectivity index (χ1v) is 22.7. The van der Waals surface area contributed by atoms with Gasteiger partial charge in [0.1, 0.15) is 16.8 Å². The molecule has 54 heavy (non-hydrogen) atoms. The Morgan fingerprint density at radius 1 is 0.481 bits per heavy atom. The number of nitrogens with one attached hydrogen (secondary N) is 2. The summed E-state index contributed by atoms with van der Waals surface area (Å²) < 4.78 is 44.5. The maximum atomic E-state index is 13.1. The number of sulfonamides is 1. The summed E-state index contributed by atoms with van der Waals surface area (Å²) >= 11 is 0. The molecule has 0 aromatic rings. The summed E-state index contributed by atoms with van der Waals surface area (Å²) in [6.07, 6.45) is 17.8. The third kappa shape index (κ3) is 33.1. The molecule has 13 heteroatoms. The van der Waals surface area contributed by atoms with Gasteiger partial charge in [-0.1, -0.05) is 90.4 Å². The topological polar surface area (TPSA) is 144 Å². The van der Waals surface area contributed by atoms with Crippen LogP contribution in [-0.4, -0.2) is 98.3 Å². The lowest BCUT2D eigenvalue weighted by molar-refractivity contribution is 0.0207. The van der Waals surface area contributed by atoms with Gasteiger partial charge in [0.15, 0.2) is 0 Å². The second-order valence-electron chi connectivity index (χ2n) is 17.6. The number of carbonyl (C=O) groups is 3. The van der Waals surface area contributed by atoms with Crippen LogP contribution in [0, 0.1) is 0 Å². The van der Waals surface area contributed by atoms with Gasteiger partial charge in [0.25, 0.3) is 0 Å². The molecule has 3 amide bonds. The van der Waals surface area contributed by atoms with Gasteiger partial charge in [0.2, 0.25) is 10.0 Å². The monoisotopic (exact) mass is 791 g/mol. The standard InChI is InChI=1S/C41H82N4O8S/c1-11-12-13-14-15-16-17-18-19-20-21-22-23-26-35-54(49,50)43-30-28-34-45(38(48)53-41(8,9)10)32-25-24-31-44(37(47)52-40(5,6)7)33-27-29-42-36(46)51-39(2,3)4/h43H,11-35H2,1-10H3,(H,42,46). The van der Waals surface area contributed by atoms with Crippen molar-refractivity contribution in [3.8, 4) is 0 Å². The maximum absolute atomic E-state index is 13.1. The normalized spacial score (nSPS) is 12.3. The molecule has 2 N–H and O–H groups in total. The molecule has 0 radical (unpaired) electrons. The van der Waals surface area contributed by atoms with Crippen LogP contribution in [0.25, 0.3) is 0 Å². The van der Waals surface area contributed by atoms with Crippen LogP contribution in [0.4, 0.5) is 14.4 Å². The molecule has 0 aliphatic rings. The molecule has 0 rings (SSSR count). The summed E-state index contributed by atoms with van der Waals surface area (Å²) in [6, 6.07) is 0. The van der Waals surface area contributed by atoms with Gasteiger partial charge in [-0.2, -0.15) is 0 Å². The number of ether oxygens (including phenoxy) is 3. The van der Waals surface area contributed by atoms with Crippen molar-refractivity contribution in [3.05, 3.63) is 0 Å². The van der Waals surface area contributed by atoms with Crippen molar-refractivity contribution in [2.45, 2.75) is 202 Å². The van der Waals surface area contributed by atoms with E-state index in [1.807, 2.05) is 41.5 Å². The van der Waals surface area contributed by atoms with E-state index in [0.29, 0.717) is 64.8 Å². The number of alkyl carbamates (subject to hydrolysis) is 1. The lowest BCUT2D eigenvalue weighted by atomic mass is 10.0. The van der Waals surface area contributed by atoms with E-state index in [0.717, 1.165) is 19.3 Å². The number of amides is 3. The Morgan fingerprint density at radius 2 is 0.833 bits per heavy atom. The van der Waals surface area contributed by atoms with Crippen LogP contribution in [0.5, 0.6) is 0 Å². The Balaban J connectivity index is 4.70. The molecule has 0 saturated heterocycles. The molecule has 0 spiro atoms. The highest BCUT2D eigenvalue weighted by Gasteiger charge is 2.24. The van der Waals surface area contributed by atoms with Gasteiger partial charge in [0.05, 0.1) is 5.75 Å². The predicted octanol–water partition coefficient (Wildman–Crippen LogP) is 9.95. The van der Waals surface area contributed by atoms with Crippen LogP contribution < -0.4 is 10.0 Å². The first-order chi connectivity index (χ1) is 25.1. The summed E-state index contributed by atoms with van der Waals surface area (Å²) in [6.45, 7) is 20.6. The minimum absolute atomic E-state index is 0.117. The molecule has 0 saturated carbocycles. The van der Waals surface area contributed by atoms with Crippen molar-refractivity contribution in [2.75, 3.05) is 45.0 Å². The van der Waals surface area contributed by atoms with Gasteiger partial charge in [-0.05, 0) is 94.4 Å². The molecule has 0 atom stereocenters. The molecular formula is C41H82N4O8S. The highest BCUT2D eigenvalue weighted by Crippen LogP contribution is 2.15. The van der Waals surface area contributed by atoms with Crippen molar-refractivity contribution in [3.63, 3.8) is 0 Å². The van der Waals surface area contributed by atoms with Gasteiger partial charge in [0, 0.05) is 39.3 Å². The van der Waals surface area contributed by atoms with E-state index in [2.05, 4.69) is 17.0 Å². The van der Waals surface area contributed by atoms with E-state index in [1.54, 1.807) is 30.6 Å². The van der Waals surface area contributed by atoms with E-state index >= 15 is 0 Å². The van der Waals surface area contributed by atoms with Gasteiger partial charge in [-0.25, -0.2) is 27.5 Å². The molecule has 320 valence electrons. The fourth-order valence-electron chi connectivity index (χ4n) is 5.68. The number of rotatable bonds is 29. The molecular weight excluding hydrogens is 709 g/mol. The summed E-state index contributed by atoms with van der Waals surface area (Å²) in [7, 11) is -3.38. The molecule has 0 aromatic carbocycles. The zero-order valence-electron chi connectivity index (χ0n) is 36.2. The van der Waals surface area contributed by atoms with E-state index in [4.69, 9.17) is 14.2 Å². The number of nitrogens with zero attached hydrogens (tertiary/aromatic N) is 2. The summed E-state index contributed by atoms with van der Waals surface area (Å²) in [5.41, 5.74) is -1.93. The lowest BCUT2D eigenvalue weighted by Crippen LogP contribution is -2.41. The Hall–Kier alpha value is -2.28. The first kappa shape index (κ1) is 51.7. The van der Waals surface area contributed by atoms with Crippen LogP contribution in [-0.2, 0) is 24.2 Å². The smallest absolute Gasteiger partial charge is 0.410 e. The number of carbonyl (C=O) groups excluding carboxylic acids is 3. The van der Waals surface area contributed by atoms with Crippen LogP contribution in [0.3, 0.4) is 0 Å². The van der Waals surface area contributed by atoms with Crippen molar-refractivity contribution in [1.29, 1.82) is 0 Å². The average Bonchev–Trinajstić information content (AvgIpc) is 3.02. The minimum atomic E-state index is -3.38. The average molecular weight is 791 g/mol. The fourth-order valence-corrected chi connectivity index (χ4v) is 6.86. The predicted molar refractivity (Wildman–Crippen MR) is 220 cm³/mol. The first-order valence-electron chi connectivity index (χ1n) is 21.0. The van der Waals surface area contributed by atoms with Crippen molar-refractivity contribution < 1.29 is 37.0 Å². The largest absolute Gasteiger partial charge is 0.444 e. The third-order valence-corrected chi connectivity index (χ3v) is 9.85. The van der Waals surface area contributed by atoms with E-state index in [-0.39, 0.29) is 12.3 Å². The molecule has 0 fully saturated rings. The molecule has 12 nitrogen and oxygen atoms in total. The minimum Gasteiger partial charge on any atom is -0.444 e. The number of unbranched alkanes of at least 4 members (excludes halogenated alkanes) is 14. The van der Waals surface area contributed by atoms with Gasteiger partial charge >= 0.3 is 18.3 Å². The summed E-state index contributed by atoms with van der Waals surface area (Å²) in [4.78, 5) is 41.3. The Bertz CT molecular complexity index is 1110. The SMILES string of the molecule is CCCCCCCCCCCCCCCCS(=O)(=O)NCCCN(CCCCN(CCCNC(=O)OC(C)(C)C)C(=O)OC(C)(C)C)C(=O)OC(C)(C)C. The van der Waals surface area contributed by atoms with Gasteiger partial charge < -0.3 is 29.3 Å². The van der Waals surface area contributed by atoms with Crippen LogP contribution in [0.1, 0.15) is 185 Å². The fraction of sp³-hybridized carbons (Fsp3) is 0.927. The van der Waals surface area contributed by atoms with E-state index in [1.165, 1.54) is 64.2 Å². The Kier molecular flexibility index (Phi) is 27.0. The number of hydrogen-bond acceptors (Lipinski definition) is 8. The second kappa shape index (κ2) is 28.2. The molecule has 0 unspecified atom stereocenters. The molecule has 0 aromatic heterocycles. The molecule has 0 aliphatic heterocycles. The van der Waals surface area contributed by atoms with Crippen LogP contribution in [0.2, 0.25) is 0 Å². The molecule has 0 aliphatic carbocycles. The summed E-state index contributed by atoms with van der Waals surface area (Å²) in [5, 5.41) is 2.72. The zero-order valence-corrected chi connectivity index (χ0v) is 37.1. The van der Waals surface area contributed by atoms with Crippen molar-refractivity contribution >= 4 is 28.3 Å². The van der Waals surface area contributed by atoms with Crippen LogP contribution in [0.15, 0.2) is 0 Å². The Labute approximate surface area is 331 Å². The van der Waals surface area contributed by atoms with Crippen molar-refractivity contribution in [1.82, 2.24) is 19.8 Å². The van der Waals surface area contributed by atoms with Gasteiger partial charge in [-0.3, -0.25) is 0 Å². The van der Waals surface area contributed by atoms with Gasteiger partial charge in [-0.15, -0.1) is 0 Å². The highest BCUT2D eigenvalue weighted by molar-refractivity contribution is 7.89. The molecule has 0 bridgehead atoms. The second-order valence-corrected chi connectivity index (χ2v) is 19.5. The summed E-state index contributed by atoms with van der Waals surface area (Å²) in [5.74, 6) is 0.117. The number of hydrogen-bond donors (Lipinski definition) is 2. The van der Waals surface area contributed by atoms with E-state index in [9.17, 15) is 22.8 Å². The van der Waals surface area contributed by atoms with E-state index < -0.39 is 45.1 Å². The quantitative estimate of drug-likeness (QED) is 0.0563. The molecule has 0 heterocycles. The highest BCUT2D eigenvalue weighted by atomic mass is 32.2. The van der Waals surface area contributed by atoms with Crippen molar-refractivity contribution in [2.24, 2.45) is 0 Å². The van der Waals surface area contributed by atoms with Crippen LogP contribution >= 0.6 is 0 Å². The zero-order chi connectivity index (χ0) is 41.1. The maximum Gasteiger partial charge on any atom is 0.410 e. The Morgan fingerprint density at radius 3 is 1.22 bits per heavy atom. The lowest BCUT2D eigenvalue weighted by Gasteiger charge is -2.29. The third-order valence-electron chi connectivity index (χ3n) is 8.38.